The Balaban J connectivity index is 0.00000120. The van der Waals surface area contributed by atoms with E-state index in [0.29, 0.717) is 0 Å². The van der Waals surface area contributed by atoms with Gasteiger partial charge >= 0.3 is 18.9 Å². The molecule has 0 aliphatic heterocycles. The minimum Gasteiger partial charge on any atom is -0.164 e. The third kappa shape index (κ3) is 2.27. The van der Waals surface area contributed by atoms with Crippen LogP contribution in [0.25, 0.3) is 21.9 Å². The van der Waals surface area contributed by atoms with E-state index in [1.165, 1.54) is 27.5 Å². The summed E-state index contributed by atoms with van der Waals surface area (Å²) in [5.74, 6) is 0. The Morgan fingerprint density at radius 2 is 1.72 bits per heavy atom. The molecular formula is C17H15Li. The van der Waals surface area contributed by atoms with E-state index < -0.39 is 0 Å². The molecule has 3 rings (SSSR count). The summed E-state index contributed by atoms with van der Waals surface area (Å²) < 4.78 is 0. The van der Waals surface area contributed by atoms with Gasteiger partial charge in [0.15, 0.2) is 0 Å². The van der Waals surface area contributed by atoms with E-state index in [4.69, 9.17) is 0 Å². The van der Waals surface area contributed by atoms with E-state index in [-0.39, 0.29) is 18.9 Å². The SMILES string of the molecule is CCc1cc2c(-c3ccccc3)cccc2[cH-]1.[Li+]. The van der Waals surface area contributed by atoms with Gasteiger partial charge in [0.25, 0.3) is 0 Å². The predicted molar refractivity (Wildman–Crippen MR) is 74.4 cm³/mol. The van der Waals surface area contributed by atoms with Crippen LogP contribution in [-0.2, 0) is 6.42 Å². The molecule has 0 aliphatic rings. The van der Waals surface area contributed by atoms with Crippen molar-refractivity contribution in [3.63, 3.8) is 0 Å². The van der Waals surface area contributed by atoms with Crippen molar-refractivity contribution >= 4 is 10.8 Å². The smallest absolute Gasteiger partial charge is 0.164 e. The van der Waals surface area contributed by atoms with Crippen LogP contribution in [-0.4, -0.2) is 0 Å². The molecule has 0 spiro atoms. The second-order valence-electron chi connectivity index (χ2n) is 4.39. The third-order valence-corrected chi connectivity index (χ3v) is 3.30. The van der Waals surface area contributed by atoms with Crippen LogP contribution < -0.4 is 18.9 Å². The van der Waals surface area contributed by atoms with Gasteiger partial charge in [0, 0.05) is 0 Å². The zero-order valence-electron chi connectivity index (χ0n) is 11.0. The minimum atomic E-state index is 0. The zero-order valence-corrected chi connectivity index (χ0v) is 11.0. The first kappa shape index (κ1) is 13.1. The maximum absolute atomic E-state index is 2.32. The van der Waals surface area contributed by atoms with Gasteiger partial charge in [-0.25, -0.2) is 0 Å². The van der Waals surface area contributed by atoms with Gasteiger partial charge in [-0.3, -0.25) is 0 Å². The number of fused-ring (bicyclic) bond motifs is 1. The third-order valence-electron chi connectivity index (χ3n) is 3.30. The quantitative estimate of drug-likeness (QED) is 0.461. The fourth-order valence-electron chi connectivity index (χ4n) is 2.37. The van der Waals surface area contributed by atoms with Crippen molar-refractivity contribution in [1.29, 1.82) is 0 Å². The fourth-order valence-corrected chi connectivity index (χ4v) is 2.37. The Kier molecular flexibility index (Phi) is 4.02. The van der Waals surface area contributed by atoms with Crippen LogP contribution in [0.1, 0.15) is 12.5 Å². The summed E-state index contributed by atoms with van der Waals surface area (Å²) in [4.78, 5) is 0. The Morgan fingerprint density at radius 1 is 0.944 bits per heavy atom. The first-order valence-corrected chi connectivity index (χ1v) is 6.12. The van der Waals surface area contributed by atoms with Crippen LogP contribution in [0.5, 0.6) is 0 Å². The number of benzene rings is 2. The van der Waals surface area contributed by atoms with Crippen LogP contribution in [0.4, 0.5) is 0 Å². The van der Waals surface area contributed by atoms with E-state index in [0.717, 1.165) is 6.42 Å². The Hall–Kier alpha value is -1.35. The van der Waals surface area contributed by atoms with Gasteiger partial charge in [-0.15, -0.1) is 34.5 Å². The molecule has 0 heterocycles. The van der Waals surface area contributed by atoms with Gasteiger partial charge in [0.05, 0.1) is 0 Å². The standard InChI is InChI=1S/C17H15.Li/c1-2-13-11-15-9-6-10-16(17(15)12-13)14-7-4-3-5-8-14;/h3-12H,2H2,1H3;/q-1;+1. The van der Waals surface area contributed by atoms with Crippen LogP contribution in [0.3, 0.4) is 0 Å². The van der Waals surface area contributed by atoms with Gasteiger partial charge in [0.2, 0.25) is 0 Å². The number of hydrogen-bond acceptors (Lipinski definition) is 0. The minimum absolute atomic E-state index is 0. The van der Waals surface area contributed by atoms with Crippen molar-refractivity contribution in [3.8, 4) is 11.1 Å². The Labute approximate surface area is 120 Å². The van der Waals surface area contributed by atoms with Gasteiger partial charge in [-0.1, -0.05) is 48.9 Å². The second-order valence-corrected chi connectivity index (χ2v) is 4.39. The van der Waals surface area contributed by atoms with E-state index in [2.05, 4.69) is 67.6 Å². The maximum Gasteiger partial charge on any atom is 1.00 e. The topological polar surface area (TPSA) is 0 Å². The van der Waals surface area contributed by atoms with Crippen molar-refractivity contribution in [2.45, 2.75) is 13.3 Å². The monoisotopic (exact) mass is 226 g/mol. The molecular weight excluding hydrogens is 211 g/mol. The van der Waals surface area contributed by atoms with Crippen LogP contribution in [0.15, 0.2) is 60.7 Å². The molecule has 0 aliphatic carbocycles. The number of rotatable bonds is 2. The Morgan fingerprint density at radius 3 is 2.44 bits per heavy atom. The molecule has 0 saturated carbocycles. The normalized spacial score (nSPS) is 10.3. The summed E-state index contributed by atoms with van der Waals surface area (Å²) in [5.41, 5.74) is 4.05. The van der Waals surface area contributed by atoms with Crippen LogP contribution in [0, 0.1) is 0 Å². The molecule has 0 unspecified atom stereocenters. The van der Waals surface area contributed by atoms with Crippen LogP contribution >= 0.6 is 0 Å². The molecule has 1 heteroatoms. The second kappa shape index (κ2) is 5.53. The summed E-state index contributed by atoms with van der Waals surface area (Å²) in [6.07, 6.45) is 1.10. The van der Waals surface area contributed by atoms with Gasteiger partial charge in [-0.05, 0) is 12.0 Å². The molecule has 3 aromatic carbocycles. The molecule has 18 heavy (non-hydrogen) atoms. The van der Waals surface area contributed by atoms with Crippen LogP contribution in [0.2, 0.25) is 0 Å². The number of aryl methyl sites for hydroxylation is 1. The predicted octanol–water partition coefficient (Wildman–Crippen LogP) is 1.79. The van der Waals surface area contributed by atoms with Gasteiger partial charge in [0.1, 0.15) is 0 Å². The zero-order chi connectivity index (χ0) is 11.7. The fraction of sp³-hybridized carbons (Fsp3) is 0.118. The molecule has 0 bridgehead atoms. The van der Waals surface area contributed by atoms with Gasteiger partial charge in [-0.2, -0.15) is 6.07 Å². The first-order valence-electron chi connectivity index (χ1n) is 6.12. The molecule has 0 N–H and O–H groups in total. The van der Waals surface area contributed by atoms with Crippen molar-refractivity contribution < 1.29 is 18.9 Å². The van der Waals surface area contributed by atoms with Crippen molar-refractivity contribution in [2.75, 3.05) is 0 Å². The largest absolute Gasteiger partial charge is 1.00 e. The van der Waals surface area contributed by atoms with E-state index >= 15 is 0 Å². The average Bonchev–Trinajstić information content (AvgIpc) is 2.82. The number of hydrogen-bond donors (Lipinski definition) is 0. The Bertz CT molecular complexity index is 635. The first-order chi connectivity index (χ1) is 8.38. The van der Waals surface area contributed by atoms with E-state index in [9.17, 15) is 0 Å². The molecule has 0 nitrogen and oxygen atoms in total. The van der Waals surface area contributed by atoms with Crippen molar-refractivity contribution in [2.24, 2.45) is 0 Å². The summed E-state index contributed by atoms with van der Waals surface area (Å²) >= 11 is 0. The molecule has 0 amide bonds. The van der Waals surface area contributed by atoms with E-state index in [1.54, 1.807) is 0 Å². The summed E-state index contributed by atoms with van der Waals surface area (Å²) in [6, 6.07) is 21.8. The summed E-state index contributed by atoms with van der Waals surface area (Å²) in [5, 5.41) is 2.72. The maximum atomic E-state index is 2.32. The molecule has 0 fully saturated rings. The molecule has 0 radical (unpaired) electrons. The summed E-state index contributed by atoms with van der Waals surface area (Å²) in [6.45, 7) is 2.20. The summed E-state index contributed by atoms with van der Waals surface area (Å²) in [7, 11) is 0. The van der Waals surface area contributed by atoms with Crippen molar-refractivity contribution in [1.82, 2.24) is 0 Å². The molecule has 3 aromatic rings. The molecule has 0 atom stereocenters. The van der Waals surface area contributed by atoms with E-state index in [1.807, 2.05) is 0 Å². The van der Waals surface area contributed by atoms with Crippen molar-refractivity contribution in [3.05, 3.63) is 66.2 Å². The molecule has 0 saturated heterocycles. The molecule has 0 aromatic heterocycles. The van der Waals surface area contributed by atoms with Gasteiger partial charge < -0.3 is 0 Å². The average molecular weight is 226 g/mol. The molecule has 84 valence electrons.